The van der Waals surface area contributed by atoms with Crippen molar-refractivity contribution in [3.63, 3.8) is 0 Å². The van der Waals surface area contributed by atoms with E-state index in [1.807, 2.05) is 18.9 Å². The summed E-state index contributed by atoms with van der Waals surface area (Å²) in [5, 5.41) is 3.11. The number of carbonyl (C=O) groups excluding carboxylic acids is 2. The van der Waals surface area contributed by atoms with Gasteiger partial charge in [0.2, 0.25) is 11.8 Å². The van der Waals surface area contributed by atoms with E-state index >= 15 is 0 Å². The summed E-state index contributed by atoms with van der Waals surface area (Å²) in [6, 6.07) is 4.83. The SMILES string of the molecule is Cc1cc(F)ccc1NC(=O)[C@H]1CC[C@H]2[C@@H]3CC[C@H]4N(C)C(=O)C=C[C@]4(C)[C@H]3CC[C@]12C. The average Bonchev–Trinajstić information content (AvgIpc) is 3.10. The molecule has 0 radical (unpaired) electrons. The molecule has 2 amide bonds. The molecular weight excluding hydrogens is 403 g/mol. The molecule has 5 rings (SSSR count). The highest BCUT2D eigenvalue weighted by molar-refractivity contribution is 5.94. The van der Waals surface area contributed by atoms with Gasteiger partial charge in [-0.25, -0.2) is 4.39 Å². The van der Waals surface area contributed by atoms with Crippen LogP contribution in [0.1, 0.15) is 57.9 Å². The number of anilines is 1. The van der Waals surface area contributed by atoms with E-state index in [1.165, 1.54) is 12.1 Å². The van der Waals surface area contributed by atoms with Crippen LogP contribution in [0, 0.1) is 47.2 Å². The molecule has 3 saturated carbocycles. The van der Waals surface area contributed by atoms with Gasteiger partial charge in [0.15, 0.2) is 0 Å². The molecule has 0 aromatic heterocycles. The second kappa shape index (κ2) is 7.43. The van der Waals surface area contributed by atoms with Crippen LogP contribution >= 0.6 is 0 Å². The number of rotatable bonds is 2. The predicted octanol–water partition coefficient (Wildman–Crippen LogP) is 5.33. The lowest BCUT2D eigenvalue weighted by atomic mass is 9.47. The number of amides is 2. The molecule has 172 valence electrons. The van der Waals surface area contributed by atoms with Crippen LogP contribution in [0.25, 0.3) is 0 Å². The van der Waals surface area contributed by atoms with Crippen molar-refractivity contribution in [1.29, 1.82) is 0 Å². The van der Waals surface area contributed by atoms with Gasteiger partial charge >= 0.3 is 0 Å². The van der Waals surface area contributed by atoms with Gasteiger partial charge in [-0.1, -0.05) is 19.9 Å². The van der Waals surface area contributed by atoms with E-state index < -0.39 is 0 Å². The number of hydrogen-bond donors (Lipinski definition) is 1. The molecule has 4 nitrogen and oxygen atoms in total. The molecule has 1 aromatic rings. The number of nitrogens with one attached hydrogen (secondary N) is 1. The van der Waals surface area contributed by atoms with Crippen LogP contribution in [0.4, 0.5) is 10.1 Å². The molecular formula is C27H35FN2O2. The second-order valence-corrected chi connectivity index (χ2v) is 11.2. The zero-order valence-electron chi connectivity index (χ0n) is 19.7. The number of benzene rings is 1. The van der Waals surface area contributed by atoms with Crippen LogP contribution in [0.15, 0.2) is 30.4 Å². The Bertz CT molecular complexity index is 990. The van der Waals surface area contributed by atoms with Crippen LogP contribution in [-0.4, -0.2) is 29.8 Å². The summed E-state index contributed by atoms with van der Waals surface area (Å²) in [4.78, 5) is 27.6. The van der Waals surface area contributed by atoms with Gasteiger partial charge in [0, 0.05) is 30.1 Å². The van der Waals surface area contributed by atoms with Gasteiger partial charge in [-0.05, 0) is 98.5 Å². The average molecular weight is 439 g/mol. The summed E-state index contributed by atoms with van der Waals surface area (Å²) in [5.74, 6) is 1.64. The Labute approximate surface area is 190 Å². The number of hydrogen-bond acceptors (Lipinski definition) is 2. The van der Waals surface area contributed by atoms with E-state index in [2.05, 4.69) is 25.2 Å². The largest absolute Gasteiger partial charge is 0.338 e. The molecule has 32 heavy (non-hydrogen) atoms. The smallest absolute Gasteiger partial charge is 0.246 e. The third-order valence-corrected chi connectivity index (χ3v) is 9.89. The molecule has 7 atom stereocenters. The Kier molecular flexibility index (Phi) is 5.03. The Balaban J connectivity index is 1.38. The third kappa shape index (κ3) is 3.07. The first-order valence-electron chi connectivity index (χ1n) is 12.2. The number of carbonyl (C=O) groups is 2. The molecule has 3 fully saturated rings. The number of aryl methyl sites for hydroxylation is 1. The van der Waals surface area contributed by atoms with E-state index in [9.17, 15) is 14.0 Å². The summed E-state index contributed by atoms with van der Waals surface area (Å²) in [7, 11) is 1.95. The Morgan fingerprint density at radius 3 is 2.66 bits per heavy atom. The summed E-state index contributed by atoms with van der Waals surface area (Å²) in [6.07, 6.45) is 10.3. The fourth-order valence-corrected chi connectivity index (χ4v) is 8.16. The third-order valence-electron chi connectivity index (χ3n) is 9.89. The van der Waals surface area contributed by atoms with E-state index in [-0.39, 0.29) is 40.4 Å². The van der Waals surface area contributed by atoms with Gasteiger partial charge in [0.1, 0.15) is 5.82 Å². The van der Waals surface area contributed by atoms with Crippen molar-refractivity contribution < 1.29 is 14.0 Å². The normalized spacial score (nSPS) is 40.5. The molecule has 0 saturated heterocycles. The highest BCUT2D eigenvalue weighted by Crippen LogP contribution is 2.65. The maximum absolute atomic E-state index is 13.5. The van der Waals surface area contributed by atoms with Gasteiger partial charge in [-0.2, -0.15) is 0 Å². The molecule has 1 heterocycles. The van der Waals surface area contributed by atoms with Crippen LogP contribution in [0.2, 0.25) is 0 Å². The van der Waals surface area contributed by atoms with Gasteiger partial charge < -0.3 is 10.2 Å². The first-order chi connectivity index (χ1) is 15.1. The van der Waals surface area contributed by atoms with Gasteiger partial charge in [0.25, 0.3) is 0 Å². The van der Waals surface area contributed by atoms with Crippen molar-refractivity contribution in [3.05, 3.63) is 41.7 Å². The van der Waals surface area contributed by atoms with Crippen LogP contribution in [0.3, 0.4) is 0 Å². The monoisotopic (exact) mass is 438 g/mol. The van der Waals surface area contributed by atoms with Crippen molar-refractivity contribution in [1.82, 2.24) is 4.90 Å². The zero-order valence-corrected chi connectivity index (χ0v) is 19.7. The van der Waals surface area contributed by atoms with Crippen LogP contribution in [-0.2, 0) is 9.59 Å². The molecule has 4 aliphatic rings. The summed E-state index contributed by atoms with van der Waals surface area (Å²) < 4.78 is 13.5. The number of fused-ring (bicyclic) bond motifs is 5. The van der Waals surface area contributed by atoms with E-state index in [0.717, 1.165) is 44.1 Å². The first-order valence-corrected chi connectivity index (χ1v) is 12.2. The molecule has 0 unspecified atom stereocenters. The lowest BCUT2D eigenvalue weighted by Crippen LogP contribution is -2.59. The van der Waals surface area contributed by atoms with E-state index in [1.54, 1.807) is 12.1 Å². The highest BCUT2D eigenvalue weighted by Gasteiger charge is 2.61. The number of halogens is 1. The van der Waals surface area contributed by atoms with Crippen molar-refractivity contribution in [3.8, 4) is 0 Å². The molecule has 0 bridgehead atoms. The van der Waals surface area contributed by atoms with Crippen LogP contribution in [0.5, 0.6) is 0 Å². The first kappa shape index (κ1) is 21.7. The quantitative estimate of drug-likeness (QED) is 0.679. The lowest BCUT2D eigenvalue weighted by molar-refractivity contribution is -0.141. The minimum Gasteiger partial charge on any atom is -0.338 e. The minimum absolute atomic E-state index is 0.00246. The summed E-state index contributed by atoms with van der Waals surface area (Å²) >= 11 is 0. The summed E-state index contributed by atoms with van der Waals surface area (Å²) in [6.45, 7) is 6.53. The van der Waals surface area contributed by atoms with Gasteiger partial charge in [-0.15, -0.1) is 0 Å². The van der Waals surface area contributed by atoms with E-state index in [4.69, 9.17) is 0 Å². The maximum atomic E-state index is 13.5. The van der Waals surface area contributed by atoms with Crippen molar-refractivity contribution in [2.24, 2.45) is 34.5 Å². The fraction of sp³-hybridized carbons (Fsp3) is 0.630. The highest BCUT2D eigenvalue weighted by atomic mass is 19.1. The molecule has 0 spiro atoms. The number of nitrogens with zero attached hydrogens (tertiary/aromatic N) is 1. The molecule has 3 aliphatic carbocycles. The zero-order chi connectivity index (χ0) is 22.8. The van der Waals surface area contributed by atoms with Crippen molar-refractivity contribution in [2.45, 2.75) is 65.3 Å². The predicted molar refractivity (Wildman–Crippen MR) is 123 cm³/mol. The topological polar surface area (TPSA) is 49.4 Å². The van der Waals surface area contributed by atoms with Gasteiger partial charge in [-0.3, -0.25) is 9.59 Å². The molecule has 1 aliphatic heterocycles. The molecule has 1 N–H and O–H groups in total. The summed E-state index contributed by atoms with van der Waals surface area (Å²) in [5.41, 5.74) is 1.50. The van der Waals surface area contributed by atoms with E-state index in [0.29, 0.717) is 23.4 Å². The fourth-order valence-electron chi connectivity index (χ4n) is 8.16. The maximum Gasteiger partial charge on any atom is 0.246 e. The Morgan fingerprint density at radius 2 is 1.91 bits per heavy atom. The molecule has 5 heteroatoms. The van der Waals surface area contributed by atoms with Crippen molar-refractivity contribution >= 4 is 17.5 Å². The van der Waals surface area contributed by atoms with Gasteiger partial charge in [0.05, 0.1) is 0 Å². The lowest BCUT2D eigenvalue weighted by Gasteiger charge is -2.60. The number of likely N-dealkylation sites (N-methyl/N-ethyl adjacent to an activating group) is 1. The Morgan fingerprint density at radius 1 is 1.12 bits per heavy atom. The molecule has 1 aromatic carbocycles. The Hall–Kier alpha value is -2.17. The second-order valence-electron chi connectivity index (χ2n) is 11.2. The minimum atomic E-state index is -0.278. The standard InChI is InChI=1S/C27H35FN2O2/c1-16-15-17(28)5-9-22(16)29-25(32)21-8-7-19-18-6-10-23-27(3,14-12-24(31)30(23)4)20(18)11-13-26(19,21)2/h5,9,12,14-15,18-21,23H,6-8,10-11,13H2,1-4H3,(H,29,32)/t18-,19-,20-,21+,23+,26-,27+/m0/s1. The van der Waals surface area contributed by atoms with Crippen LogP contribution < -0.4 is 5.32 Å². The van der Waals surface area contributed by atoms with Crippen molar-refractivity contribution in [2.75, 3.05) is 12.4 Å².